The van der Waals surface area contributed by atoms with E-state index < -0.39 is 5.41 Å². The van der Waals surface area contributed by atoms with Crippen LogP contribution in [-0.2, 0) is 5.41 Å². The fraction of sp³-hybridized carbons (Fsp3) is 0.409. The van der Waals surface area contributed by atoms with Gasteiger partial charge < -0.3 is 5.32 Å². The summed E-state index contributed by atoms with van der Waals surface area (Å²) in [5.41, 5.74) is 4.37. The summed E-state index contributed by atoms with van der Waals surface area (Å²) in [5, 5.41) is 13.6. The highest BCUT2D eigenvalue weighted by Crippen LogP contribution is 2.50. The predicted octanol–water partition coefficient (Wildman–Crippen LogP) is 5.04. The van der Waals surface area contributed by atoms with Gasteiger partial charge in [-0.3, -0.25) is 0 Å². The number of fused-ring (bicyclic) bond motifs is 3. The standard InChI is InChI=1S/C22H26N2/c1-17(2)24-15-9-3-8-14-22(16-23)20-12-6-4-10-18(20)19-11-5-7-13-21(19)22/h4-7,10-13,17,24H,3,8-9,14-15H2,1-2H3. The largest absolute Gasteiger partial charge is 0.315 e. The summed E-state index contributed by atoms with van der Waals surface area (Å²) in [5.74, 6) is 0. The molecule has 2 heteroatoms. The number of hydrogen-bond acceptors (Lipinski definition) is 2. The Kier molecular flexibility index (Phi) is 5.02. The Labute approximate surface area is 145 Å². The molecule has 1 aliphatic carbocycles. The van der Waals surface area contributed by atoms with Crippen molar-refractivity contribution in [3.63, 3.8) is 0 Å². The smallest absolute Gasteiger partial charge is 0.108 e. The third kappa shape index (κ3) is 2.97. The SMILES string of the molecule is CC(C)NCCCCCC1(C#N)c2ccccc2-c2ccccc21. The maximum atomic E-state index is 10.1. The van der Waals surface area contributed by atoms with Crippen LogP contribution in [0.1, 0.15) is 50.7 Å². The zero-order valence-electron chi connectivity index (χ0n) is 14.7. The van der Waals surface area contributed by atoms with Crippen molar-refractivity contribution in [1.82, 2.24) is 5.32 Å². The van der Waals surface area contributed by atoms with Crippen molar-refractivity contribution in [3.8, 4) is 17.2 Å². The second kappa shape index (κ2) is 7.20. The summed E-state index contributed by atoms with van der Waals surface area (Å²) in [6.45, 7) is 5.42. The first-order chi connectivity index (χ1) is 11.7. The van der Waals surface area contributed by atoms with Crippen molar-refractivity contribution in [1.29, 1.82) is 5.26 Å². The minimum atomic E-state index is -0.474. The summed E-state index contributed by atoms with van der Waals surface area (Å²) in [6, 6.07) is 20.1. The lowest BCUT2D eigenvalue weighted by Gasteiger charge is -2.24. The molecule has 2 aromatic rings. The third-order valence-electron chi connectivity index (χ3n) is 5.04. The van der Waals surface area contributed by atoms with E-state index in [4.69, 9.17) is 0 Å². The number of nitrogens with zero attached hydrogens (tertiary/aromatic N) is 1. The lowest BCUT2D eigenvalue weighted by molar-refractivity contribution is 0.509. The van der Waals surface area contributed by atoms with Crippen LogP contribution < -0.4 is 5.32 Å². The fourth-order valence-electron chi connectivity index (χ4n) is 3.85. The topological polar surface area (TPSA) is 35.8 Å². The molecule has 24 heavy (non-hydrogen) atoms. The predicted molar refractivity (Wildman–Crippen MR) is 99.9 cm³/mol. The van der Waals surface area contributed by atoms with E-state index in [1.54, 1.807) is 0 Å². The van der Waals surface area contributed by atoms with E-state index in [0.29, 0.717) is 6.04 Å². The highest BCUT2D eigenvalue weighted by Gasteiger charge is 2.42. The van der Waals surface area contributed by atoms with E-state index in [0.717, 1.165) is 25.8 Å². The molecule has 1 N–H and O–H groups in total. The lowest BCUT2D eigenvalue weighted by atomic mass is 9.75. The molecular weight excluding hydrogens is 292 g/mol. The normalized spacial score (nSPS) is 14.2. The van der Waals surface area contributed by atoms with Gasteiger partial charge in [-0.1, -0.05) is 75.2 Å². The van der Waals surface area contributed by atoms with Crippen LogP contribution in [0.5, 0.6) is 0 Å². The van der Waals surface area contributed by atoms with E-state index in [1.165, 1.54) is 28.7 Å². The van der Waals surface area contributed by atoms with E-state index in [2.05, 4.69) is 73.8 Å². The fourth-order valence-corrected chi connectivity index (χ4v) is 3.85. The highest BCUT2D eigenvalue weighted by atomic mass is 14.9. The van der Waals surface area contributed by atoms with Crippen LogP contribution in [0, 0.1) is 11.3 Å². The van der Waals surface area contributed by atoms with Gasteiger partial charge in [0.05, 0.1) is 6.07 Å². The molecule has 0 aliphatic heterocycles. The maximum Gasteiger partial charge on any atom is 0.108 e. The highest BCUT2D eigenvalue weighted by molar-refractivity contribution is 5.82. The van der Waals surface area contributed by atoms with Gasteiger partial charge in [-0.05, 0) is 41.6 Å². The number of benzene rings is 2. The zero-order valence-corrected chi connectivity index (χ0v) is 14.7. The van der Waals surface area contributed by atoms with Gasteiger partial charge >= 0.3 is 0 Å². The summed E-state index contributed by atoms with van der Waals surface area (Å²) in [4.78, 5) is 0. The summed E-state index contributed by atoms with van der Waals surface area (Å²) in [6.07, 6.45) is 4.31. The van der Waals surface area contributed by atoms with Crippen molar-refractivity contribution in [2.24, 2.45) is 0 Å². The van der Waals surface area contributed by atoms with Crippen LogP contribution in [0.3, 0.4) is 0 Å². The van der Waals surface area contributed by atoms with Gasteiger partial charge in [0.15, 0.2) is 0 Å². The minimum Gasteiger partial charge on any atom is -0.315 e. The molecule has 0 radical (unpaired) electrons. The molecule has 124 valence electrons. The Morgan fingerprint density at radius 3 is 2.04 bits per heavy atom. The number of nitrogens with one attached hydrogen (secondary N) is 1. The molecule has 0 saturated heterocycles. The summed E-state index contributed by atoms with van der Waals surface area (Å²) >= 11 is 0. The van der Waals surface area contributed by atoms with Gasteiger partial charge in [0.2, 0.25) is 0 Å². The first kappa shape index (κ1) is 16.7. The van der Waals surface area contributed by atoms with Crippen molar-refractivity contribution in [3.05, 3.63) is 59.7 Å². The van der Waals surface area contributed by atoms with Crippen molar-refractivity contribution in [2.75, 3.05) is 6.54 Å². The summed E-state index contributed by atoms with van der Waals surface area (Å²) < 4.78 is 0. The number of unbranched alkanes of at least 4 members (excludes halogenated alkanes) is 2. The van der Waals surface area contributed by atoms with Crippen LogP contribution in [0.4, 0.5) is 0 Å². The van der Waals surface area contributed by atoms with Gasteiger partial charge in [-0.25, -0.2) is 0 Å². The van der Waals surface area contributed by atoms with Crippen LogP contribution >= 0.6 is 0 Å². The number of rotatable bonds is 7. The van der Waals surface area contributed by atoms with Crippen LogP contribution in [-0.4, -0.2) is 12.6 Å². The van der Waals surface area contributed by atoms with Crippen LogP contribution in [0.25, 0.3) is 11.1 Å². The molecule has 0 saturated carbocycles. The van der Waals surface area contributed by atoms with Gasteiger partial charge in [0.1, 0.15) is 5.41 Å². The van der Waals surface area contributed by atoms with E-state index >= 15 is 0 Å². The quantitative estimate of drug-likeness (QED) is 0.726. The average Bonchev–Trinajstić information content (AvgIpc) is 2.89. The Hall–Kier alpha value is -2.11. The molecule has 0 atom stereocenters. The molecule has 1 aliphatic rings. The van der Waals surface area contributed by atoms with E-state index in [1.807, 2.05) is 0 Å². The second-order valence-corrected chi connectivity index (χ2v) is 7.03. The van der Waals surface area contributed by atoms with Crippen molar-refractivity contribution >= 4 is 0 Å². The monoisotopic (exact) mass is 318 g/mol. The second-order valence-electron chi connectivity index (χ2n) is 7.03. The molecule has 0 heterocycles. The van der Waals surface area contributed by atoms with Crippen molar-refractivity contribution < 1.29 is 0 Å². The molecule has 3 rings (SSSR count). The van der Waals surface area contributed by atoms with Gasteiger partial charge in [-0.15, -0.1) is 0 Å². The molecule has 0 bridgehead atoms. The lowest BCUT2D eigenvalue weighted by Crippen LogP contribution is -2.24. The molecular formula is C22H26N2. The van der Waals surface area contributed by atoms with Gasteiger partial charge in [0.25, 0.3) is 0 Å². The molecule has 0 aromatic heterocycles. The number of hydrogen-bond donors (Lipinski definition) is 1. The molecule has 0 amide bonds. The Morgan fingerprint density at radius 2 is 1.50 bits per heavy atom. The number of nitriles is 1. The Bertz CT molecular complexity index is 694. The molecule has 0 fully saturated rings. The third-order valence-corrected chi connectivity index (χ3v) is 5.04. The average molecular weight is 318 g/mol. The molecule has 2 aromatic carbocycles. The molecule has 2 nitrogen and oxygen atoms in total. The Morgan fingerprint density at radius 1 is 0.917 bits per heavy atom. The van der Waals surface area contributed by atoms with E-state index in [-0.39, 0.29) is 0 Å². The zero-order chi connectivity index (χ0) is 17.0. The van der Waals surface area contributed by atoms with Gasteiger partial charge in [-0.2, -0.15) is 5.26 Å². The van der Waals surface area contributed by atoms with Crippen LogP contribution in [0.15, 0.2) is 48.5 Å². The van der Waals surface area contributed by atoms with Crippen LogP contribution in [0.2, 0.25) is 0 Å². The minimum absolute atomic E-state index is 0.474. The van der Waals surface area contributed by atoms with Crippen molar-refractivity contribution in [2.45, 2.75) is 51.0 Å². The summed E-state index contributed by atoms with van der Waals surface area (Å²) in [7, 11) is 0. The van der Waals surface area contributed by atoms with E-state index in [9.17, 15) is 5.26 Å². The van der Waals surface area contributed by atoms with Gasteiger partial charge in [0, 0.05) is 6.04 Å². The molecule has 0 unspecified atom stereocenters. The first-order valence-corrected chi connectivity index (χ1v) is 9.03. The Balaban J connectivity index is 1.78. The molecule has 0 spiro atoms. The maximum absolute atomic E-state index is 10.1. The first-order valence-electron chi connectivity index (χ1n) is 9.03.